The summed E-state index contributed by atoms with van der Waals surface area (Å²) in [6, 6.07) is 9.09. The zero-order valence-electron chi connectivity index (χ0n) is 11.1. The molecule has 1 aromatic heterocycles. The molecule has 0 fully saturated rings. The van der Waals surface area contributed by atoms with Crippen LogP contribution in [0.15, 0.2) is 36.4 Å². The van der Waals surface area contributed by atoms with Gasteiger partial charge in [0.2, 0.25) is 0 Å². The van der Waals surface area contributed by atoms with E-state index in [0.717, 1.165) is 0 Å². The Kier molecular flexibility index (Phi) is 3.06. The van der Waals surface area contributed by atoms with Gasteiger partial charge in [-0.15, -0.1) is 0 Å². The molecule has 2 aromatic carbocycles. The van der Waals surface area contributed by atoms with E-state index in [1.807, 2.05) is 0 Å². The van der Waals surface area contributed by atoms with Crippen molar-refractivity contribution in [3.8, 4) is 17.1 Å². The van der Waals surface area contributed by atoms with Crippen molar-refractivity contribution in [2.24, 2.45) is 0 Å². The molecular weight excluding hydrogens is 275 g/mol. The molecule has 0 atom stereocenters. The molecule has 0 aliphatic carbocycles. The van der Waals surface area contributed by atoms with Crippen molar-refractivity contribution in [1.82, 2.24) is 9.97 Å². The molecule has 21 heavy (non-hydrogen) atoms. The minimum absolute atomic E-state index is 0.156. The number of benzene rings is 2. The Bertz CT molecular complexity index is 842. The van der Waals surface area contributed by atoms with Gasteiger partial charge in [0.05, 0.1) is 23.7 Å². The first-order chi connectivity index (χ1) is 10.1. The van der Waals surface area contributed by atoms with E-state index in [2.05, 4.69) is 9.97 Å². The molecule has 5 nitrogen and oxygen atoms in total. The van der Waals surface area contributed by atoms with Gasteiger partial charge in [-0.05, 0) is 36.4 Å². The molecule has 1 heterocycles. The van der Waals surface area contributed by atoms with Crippen molar-refractivity contribution in [3.05, 3.63) is 47.8 Å². The van der Waals surface area contributed by atoms with Crippen LogP contribution in [0, 0.1) is 5.82 Å². The molecule has 0 bridgehead atoms. The van der Waals surface area contributed by atoms with Crippen molar-refractivity contribution in [2.75, 3.05) is 7.11 Å². The third-order valence-corrected chi connectivity index (χ3v) is 3.15. The first kappa shape index (κ1) is 13.1. The molecule has 0 radical (unpaired) electrons. The van der Waals surface area contributed by atoms with Gasteiger partial charge < -0.3 is 14.8 Å². The van der Waals surface area contributed by atoms with Crippen LogP contribution in [-0.2, 0) is 0 Å². The molecule has 0 saturated carbocycles. The fourth-order valence-electron chi connectivity index (χ4n) is 2.09. The highest BCUT2D eigenvalue weighted by Gasteiger charge is 2.11. The largest absolute Gasteiger partial charge is 0.494 e. The van der Waals surface area contributed by atoms with Gasteiger partial charge >= 0.3 is 5.97 Å². The van der Waals surface area contributed by atoms with Crippen LogP contribution in [0.2, 0.25) is 0 Å². The number of fused-ring (bicyclic) bond motifs is 1. The molecule has 3 aromatic rings. The third-order valence-electron chi connectivity index (χ3n) is 3.15. The average molecular weight is 286 g/mol. The fourth-order valence-corrected chi connectivity index (χ4v) is 2.09. The lowest BCUT2D eigenvalue weighted by atomic mass is 10.2. The number of aromatic nitrogens is 2. The van der Waals surface area contributed by atoms with E-state index in [4.69, 9.17) is 9.84 Å². The minimum atomic E-state index is -1.01. The Balaban J connectivity index is 2.08. The van der Waals surface area contributed by atoms with Crippen molar-refractivity contribution in [3.63, 3.8) is 0 Å². The Hall–Kier alpha value is -2.89. The molecule has 3 rings (SSSR count). The van der Waals surface area contributed by atoms with Crippen LogP contribution >= 0.6 is 0 Å². The van der Waals surface area contributed by atoms with E-state index in [0.29, 0.717) is 22.4 Å². The third kappa shape index (κ3) is 2.31. The predicted molar refractivity (Wildman–Crippen MR) is 75.0 cm³/mol. The smallest absolute Gasteiger partial charge is 0.335 e. The van der Waals surface area contributed by atoms with Gasteiger partial charge in [0.25, 0.3) is 0 Å². The highest BCUT2D eigenvalue weighted by molar-refractivity contribution is 5.93. The number of carboxylic acids is 1. The Morgan fingerprint density at radius 2 is 2.10 bits per heavy atom. The average Bonchev–Trinajstić information content (AvgIpc) is 2.89. The van der Waals surface area contributed by atoms with Gasteiger partial charge in [-0.3, -0.25) is 0 Å². The summed E-state index contributed by atoms with van der Waals surface area (Å²) in [6.07, 6.45) is 0. The number of halogens is 1. The van der Waals surface area contributed by atoms with Crippen molar-refractivity contribution < 1.29 is 19.0 Å². The lowest BCUT2D eigenvalue weighted by molar-refractivity contribution is 0.0697. The van der Waals surface area contributed by atoms with Crippen LogP contribution in [0.1, 0.15) is 10.4 Å². The fraction of sp³-hybridized carbons (Fsp3) is 0.0667. The summed E-state index contributed by atoms with van der Waals surface area (Å²) in [4.78, 5) is 18.3. The number of H-pyrrole nitrogens is 1. The van der Waals surface area contributed by atoms with Crippen molar-refractivity contribution >= 4 is 17.0 Å². The van der Waals surface area contributed by atoms with Gasteiger partial charge in [-0.25, -0.2) is 14.2 Å². The van der Waals surface area contributed by atoms with Crippen LogP contribution in [0.4, 0.5) is 4.39 Å². The Morgan fingerprint density at radius 1 is 1.29 bits per heavy atom. The first-order valence-corrected chi connectivity index (χ1v) is 6.15. The van der Waals surface area contributed by atoms with Gasteiger partial charge in [0.15, 0.2) is 11.6 Å². The summed E-state index contributed by atoms with van der Waals surface area (Å²) in [5, 5.41) is 8.96. The number of nitrogens with one attached hydrogen (secondary N) is 1. The molecule has 0 aliphatic rings. The quantitative estimate of drug-likeness (QED) is 0.776. The van der Waals surface area contributed by atoms with E-state index < -0.39 is 11.8 Å². The van der Waals surface area contributed by atoms with Crippen molar-refractivity contribution in [1.29, 1.82) is 0 Å². The maximum absolute atomic E-state index is 13.7. The van der Waals surface area contributed by atoms with Crippen molar-refractivity contribution in [2.45, 2.75) is 0 Å². The van der Waals surface area contributed by atoms with Gasteiger partial charge in [-0.2, -0.15) is 0 Å². The standard InChI is InChI=1S/C15H11FN2O3/c1-21-13-5-3-8(6-10(13)16)14-17-11-4-2-9(15(19)20)7-12(11)18-14/h2-7H,1H3,(H,17,18)(H,19,20). The SMILES string of the molecule is COc1ccc(-c2nc3ccc(C(=O)O)cc3[nH]2)cc1F. The molecule has 0 unspecified atom stereocenters. The number of aromatic carboxylic acids is 1. The molecule has 106 valence electrons. The van der Waals surface area contributed by atoms with Crippen LogP contribution in [0.3, 0.4) is 0 Å². The maximum Gasteiger partial charge on any atom is 0.335 e. The second-order valence-corrected chi connectivity index (χ2v) is 4.47. The lowest BCUT2D eigenvalue weighted by Gasteiger charge is -2.02. The normalized spacial score (nSPS) is 10.8. The number of imidazole rings is 1. The number of rotatable bonds is 3. The van der Waals surface area contributed by atoms with E-state index in [-0.39, 0.29) is 11.3 Å². The summed E-state index contributed by atoms with van der Waals surface area (Å²) in [7, 11) is 1.40. The van der Waals surface area contributed by atoms with Crippen LogP contribution in [0.25, 0.3) is 22.4 Å². The van der Waals surface area contributed by atoms with E-state index in [1.54, 1.807) is 12.1 Å². The number of carbonyl (C=O) groups is 1. The van der Waals surface area contributed by atoms with Gasteiger partial charge in [-0.1, -0.05) is 0 Å². The molecule has 0 spiro atoms. The lowest BCUT2D eigenvalue weighted by Crippen LogP contribution is -1.94. The van der Waals surface area contributed by atoms with Crippen LogP contribution in [-0.4, -0.2) is 28.2 Å². The summed E-state index contributed by atoms with van der Waals surface area (Å²) < 4.78 is 18.6. The summed E-state index contributed by atoms with van der Waals surface area (Å²) in [6.45, 7) is 0. The molecule has 2 N–H and O–H groups in total. The first-order valence-electron chi connectivity index (χ1n) is 6.15. The zero-order chi connectivity index (χ0) is 15.0. The second kappa shape index (κ2) is 4.90. The van der Waals surface area contributed by atoms with E-state index >= 15 is 0 Å². The highest BCUT2D eigenvalue weighted by Crippen LogP contribution is 2.25. The number of hydrogen-bond acceptors (Lipinski definition) is 3. The number of ether oxygens (including phenoxy) is 1. The van der Waals surface area contributed by atoms with E-state index in [9.17, 15) is 9.18 Å². The predicted octanol–water partition coefficient (Wildman–Crippen LogP) is 3.08. The number of aromatic amines is 1. The van der Waals surface area contributed by atoms with Crippen LogP contribution < -0.4 is 4.74 Å². The summed E-state index contributed by atoms with van der Waals surface area (Å²) in [5.74, 6) is -0.873. The molecule has 0 amide bonds. The summed E-state index contributed by atoms with van der Waals surface area (Å²) in [5.41, 5.74) is 1.92. The summed E-state index contributed by atoms with van der Waals surface area (Å²) >= 11 is 0. The molecule has 0 aliphatic heterocycles. The zero-order valence-corrected chi connectivity index (χ0v) is 11.1. The maximum atomic E-state index is 13.7. The van der Waals surface area contributed by atoms with E-state index in [1.165, 1.54) is 31.4 Å². The van der Waals surface area contributed by atoms with Gasteiger partial charge in [0.1, 0.15) is 5.82 Å². The highest BCUT2D eigenvalue weighted by atomic mass is 19.1. The van der Waals surface area contributed by atoms with Gasteiger partial charge in [0, 0.05) is 5.56 Å². The Morgan fingerprint density at radius 3 is 2.76 bits per heavy atom. The topological polar surface area (TPSA) is 75.2 Å². The number of nitrogens with zero attached hydrogens (tertiary/aromatic N) is 1. The Labute approximate surface area is 119 Å². The number of hydrogen-bond donors (Lipinski definition) is 2. The number of methoxy groups -OCH3 is 1. The minimum Gasteiger partial charge on any atom is -0.494 e. The molecular formula is C15H11FN2O3. The monoisotopic (exact) mass is 286 g/mol. The second-order valence-electron chi connectivity index (χ2n) is 4.47. The van der Waals surface area contributed by atoms with Crippen LogP contribution in [0.5, 0.6) is 5.75 Å². The molecule has 0 saturated heterocycles. The molecule has 6 heteroatoms. The number of carboxylic acid groups (broad SMARTS) is 1.